The van der Waals surface area contributed by atoms with Gasteiger partial charge in [-0.3, -0.25) is 24.0 Å². The van der Waals surface area contributed by atoms with Crippen molar-refractivity contribution in [2.75, 3.05) is 57.7 Å². The van der Waals surface area contributed by atoms with Crippen molar-refractivity contribution in [3.05, 3.63) is 59.3 Å². The van der Waals surface area contributed by atoms with Gasteiger partial charge in [-0.05, 0) is 88.5 Å². The van der Waals surface area contributed by atoms with Crippen molar-refractivity contribution >= 4 is 69.0 Å². The number of esters is 1. The monoisotopic (exact) mass is 1440 g/mol. The molecule has 8 N–H and O–H groups in total. The maximum absolute atomic E-state index is 14.5. The van der Waals surface area contributed by atoms with Gasteiger partial charge in [0.05, 0.1) is 67.5 Å². The van der Waals surface area contributed by atoms with Crippen molar-refractivity contribution in [2.24, 2.45) is 23.7 Å². The van der Waals surface area contributed by atoms with Crippen LogP contribution in [-0.4, -0.2) is 218 Å². The van der Waals surface area contributed by atoms with Crippen molar-refractivity contribution < 1.29 is 86.3 Å². The molecule has 9 aliphatic rings. The SMILES string of the molecule is CCC(C)[C@H]1O[C@]2(C=C[C@@H]1C)C[C@@H]1C[C@@H](C/C=C(\C)[C@@H](O[C@H]3C[C@H](OC)[C@@H](O[C@H]4C[C@H](OC)[C@@H](NC(=O)CCNC(=O)CCCCCNC(=O)CCSSCCNC(=O)CCCC[C@@H]5SCC6NC(=O)NC65)[C@H](C)O4)[C@H](C)O3)[C@@H](C)/C=C/C=C3\CO[C@@H]4[C@H](O)C(C)=C[C@@H](C(=O)O1)[C@]34O)O2. The molecule has 1 spiro atoms. The zero-order valence-corrected chi connectivity index (χ0v) is 62.0. The number of rotatable bonds is 30. The first-order valence-electron chi connectivity index (χ1n) is 36.2. The number of thioether (sulfide) groups is 1. The van der Waals surface area contributed by atoms with Crippen LogP contribution < -0.4 is 31.9 Å². The Labute approximate surface area is 597 Å². The zero-order chi connectivity index (χ0) is 71.0. The molecular formula is C72H112N6O18S3. The third kappa shape index (κ3) is 21.1. The second kappa shape index (κ2) is 37.6. The minimum atomic E-state index is -1.88. The molecule has 8 heterocycles. The fraction of sp³-hybridized carbons (Fsp3) is 0.778. The van der Waals surface area contributed by atoms with E-state index in [1.807, 2.05) is 57.7 Å². The smallest absolute Gasteiger partial charge is 0.316 e. The van der Waals surface area contributed by atoms with Crippen LogP contribution in [0.1, 0.15) is 158 Å². The molecule has 9 rings (SSSR count). The highest BCUT2D eigenvalue weighted by molar-refractivity contribution is 8.76. The van der Waals surface area contributed by atoms with Crippen molar-refractivity contribution in [1.29, 1.82) is 0 Å². The van der Waals surface area contributed by atoms with Crippen LogP contribution in [0.15, 0.2) is 59.3 Å². The molecule has 2 bridgehead atoms. The lowest BCUT2D eigenvalue weighted by atomic mass is 9.71. The highest BCUT2D eigenvalue weighted by atomic mass is 33.1. The van der Waals surface area contributed by atoms with E-state index in [1.165, 1.54) is 0 Å². The largest absolute Gasteiger partial charge is 0.462 e. The van der Waals surface area contributed by atoms with Crippen molar-refractivity contribution in [3.8, 4) is 0 Å². The Hall–Kier alpha value is -4.07. The van der Waals surface area contributed by atoms with Gasteiger partial charge in [-0.2, -0.15) is 11.8 Å². The maximum atomic E-state index is 14.5. The van der Waals surface area contributed by atoms with Crippen molar-refractivity contribution in [1.82, 2.24) is 31.9 Å². The Morgan fingerprint density at radius 3 is 2.25 bits per heavy atom. The average Bonchev–Trinajstić information content (AvgIpc) is 1.63. The van der Waals surface area contributed by atoms with E-state index in [-0.39, 0.29) is 91.6 Å². The molecule has 23 atom stereocenters. The highest BCUT2D eigenvalue weighted by Gasteiger charge is 2.60. The van der Waals surface area contributed by atoms with Crippen LogP contribution in [0.4, 0.5) is 4.79 Å². The summed E-state index contributed by atoms with van der Waals surface area (Å²) in [6.45, 7) is 17.3. The normalized spacial score (nSPS) is 38.4. The lowest BCUT2D eigenvalue weighted by molar-refractivity contribution is -0.311. The molecule has 8 aliphatic heterocycles. The Morgan fingerprint density at radius 2 is 1.48 bits per heavy atom. The third-order valence-electron chi connectivity index (χ3n) is 21.0. The number of fused-ring (bicyclic) bond motifs is 3. The Bertz CT molecular complexity index is 2890. The van der Waals surface area contributed by atoms with E-state index in [1.54, 1.807) is 54.9 Å². The predicted octanol–water partition coefficient (Wildman–Crippen LogP) is 7.30. The number of hydrogen-bond acceptors (Lipinski definition) is 21. The molecule has 0 aromatic heterocycles. The van der Waals surface area contributed by atoms with Crippen LogP contribution >= 0.6 is 33.3 Å². The number of amides is 6. The molecule has 6 fully saturated rings. The lowest BCUT2D eigenvalue weighted by Gasteiger charge is -2.48. The number of methoxy groups -OCH3 is 2. The van der Waals surface area contributed by atoms with Gasteiger partial charge in [0.1, 0.15) is 35.9 Å². The number of aliphatic hydroxyl groups is 2. The summed E-state index contributed by atoms with van der Waals surface area (Å²) in [6, 6.07) is -0.156. The molecule has 0 radical (unpaired) electrons. The standard InChI is InChI=1S/C72H112N6O18S3/c1-11-41(2)66-44(5)25-28-71(96-66)38-50-35-49(95-71)24-23-43(4)65(42(3)18-17-19-48-39-89-68-64(83)45(6)34-51(69(84)92-50)72(48,68)86)93-61-37-54(88-10)67(47(8)91-61)94-60-36-53(87-9)62(46(7)90-60)77-59(82)26-30-74-56(79)21-13-12-16-29-73-58(81)27-32-98-99-33-31-75-57(80)22-15-14-20-55-63-52(40-97-55)76-70(85)78-63/h17-19,23,25,28,34,41-42,44,46-47,49-55,60-68,83,86H,11-16,20-22,24,26-27,29-33,35-40H2,1-10H3,(H,73,81)(H,74,79)(H,75,80)(H,77,82)(H2,76,78,85)/b18-17+,43-23+,48-19+/t41?,42-,44-,46-,47-,49+,50-,51-,52?,53-,54-,55-,60-,61-,62-,63?,64+,65-,66+,67-,68+,71+,72+/m0/s1. The average molecular weight is 1450 g/mol. The number of hydrogen-bond donors (Lipinski definition) is 8. The molecule has 0 aromatic rings. The van der Waals surface area contributed by atoms with Gasteiger partial charge < -0.3 is 89.5 Å². The number of aliphatic hydroxyl groups excluding tert-OH is 1. The van der Waals surface area contributed by atoms with Crippen LogP contribution in [0.5, 0.6) is 0 Å². The van der Waals surface area contributed by atoms with Gasteiger partial charge in [0, 0.05) is 120 Å². The van der Waals surface area contributed by atoms with Gasteiger partial charge in [-0.15, -0.1) is 0 Å². The van der Waals surface area contributed by atoms with E-state index in [9.17, 15) is 39.0 Å². The van der Waals surface area contributed by atoms with E-state index in [0.717, 1.165) is 55.6 Å². The minimum absolute atomic E-state index is 0.000748. The number of urea groups is 1. The van der Waals surface area contributed by atoms with Gasteiger partial charge in [-0.25, -0.2) is 4.79 Å². The van der Waals surface area contributed by atoms with Gasteiger partial charge >= 0.3 is 12.0 Å². The minimum Gasteiger partial charge on any atom is -0.462 e. The van der Waals surface area contributed by atoms with Gasteiger partial charge in [0.2, 0.25) is 23.6 Å². The summed E-state index contributed by atoms with van der Waals surface area (Å²) in [5, 5.41) is 42.2. The first-order valence-corrected chi connectivity index (χ1v) is 39.8. The fourth-order valence-electron chi connectivity index (χ4n) is 15.2. The molecule has 6 saturated heterocycles. The Morgan fingerprint density at radius 1 is 0.778 bits per heavy atom. The summed E-state index contributed by atoms with van der Waals surface area (Å²) >= 11 is 1.89. The summed E-state index contributed by atoms with van der Waals surface area (Å²) in [6.07, 6.45) is 14.4. The molecule has 27 heteroatoms. The molecule has 0 aromatic carbocycles. The maximum Gasteiger partial charge on any atom is 0.316 e. The summed E-state index contributed by atoms with van der Waals surface area (Å²) in [7, 11) is 6.47. The predicted molar refractivity (Wildman–Crippen MR) is 379 cm³/mol. The van der Waals surface area contributed by atoms with Gasteiger partial charge in [-0.1, -0.05) is 105 Å². The molecule has 1 aliphatic carbocycles. The zero-order valence-electron chi connectivity index (χ0n) is 59.6. The second-order valence-electron chi connectivity index (χ2n) is 28.4. The third-order valence-corrected chi connectivity index (χ3v) is 25.0. The Kier molecular flexibility index (Phi) is 30.0. The number of carbonyl (C=O) groups is 6. The van der Waals surface area contributed by atoms with Crippen LogP contribution in [0, 0.1) is 23.7 Å². The van der Waals surface area contributed by atoms with Crippen LogP contribution in [0.3, 0.4) is 0 Å². The van der Waals surface area contributed by atoms with E-state index < -0.39 is 103 Å². The lowest BCUT2D eigenvalue weighted by Crippen LogP contribution is -2.59. The summed E-state index contributed by atoms with van der Waals surface area (Å²) in [5.41, 5.74) is 0.0122. The van der Waals surface area contributed by atoms with E-state index in [0.29, 0.717) is 86.6 Å². The summed E-state index contributed by atoms with van der Waals surface area (Å²) < 4.78 is 65.3. The Balaban J connectivity index is 0.682. The van der Waals surface area contributed by atoms with Crippen LogP contribution in [-0.2, 0) is 71.3 Å². The quantitative estimate of drug-likeness (QED) is 0.0115. The first-order chi connectivity index (χ1) is 47.5. The number of unbranched alkanes of at least 4 members (excludes halogenated alkanes) is 3. The van der Waals surface area contributed by atoms with Crippen LogP contribution in [0.25, 0.3) is 0 Å². The number of nitrogens with one attached hydrogen (secondary N) is 6. The molecule has 6 amide bonds. The number of ether oxygens (including phenoxy) is 10. The summed E-state index contributed by atoms with van der Waals surface area (Å²) in [4.78, 5) is 76.8. The molecule has 24 nitrogen and oxygen atoms in total. The molecule has 556 valence electrons. The van der Waals surface area contributed by atoms with E-state index >= 15 is 0 Å². The molecule has 99 heavy (non-hydrogen) atoms. The van der Waals surface area contributed by atoms with Crippen molar-refractivity contribution in [3.63, 3.8) is 0 Å². The highest BCUT2D eigenvalue weighted by Crippen LogP contribution is 2.48. The van der Waals surface area contributed by atoms with Crippen LogP contribution in [0.2, 0.25) is 0 Å². The summed E-state index contributed by atoms with van der Waals surface area (Å²) in [5.74, 6) is -0.781. The fourth-order valence-corrected chi connectivity index (χ4v) is 18.6. The topological polar surface area (TPSA) is 307 Å². The van der Waals surface area contributed by atoms with Crippen molar-refractivity contribution in [2.45, 2.75) is 273 Å². The molecule has 0 saturated carbocycles. The second-order valence-corrected chi connectivity index (χ2v) is 32.4. The number of allylic oxidation sites excluding steroid dienone is 2. The van der Waals surface area contributed by atoms with E-state index in [2.05, 4.69) is 64.8 Å². The first kappa shape index (κ1) is 79.1. The molecular weight excluding hydrogens is 1330 g/mol. The van der Waals surface area contributed by atoms with Gasteiger partial charge in [0.15, 0.2) is 18.4 Å². The van der Waals surface area contributed by atoms with E-state index in [4.69, 9.17) is 47.4 Å². The molecule has 3 unspecified atom stereocenters. The number of carbonyl (C=O) groups excluding carboxylic acids is 6. The van der Waals surface area contributed by atoms with Gasteiger partial charge in [0.25, 0.3) is 0 Å².